The summed E-state index contributed by atoms with van der Waals surface area (Å²) in [7, 11) is 0. The highest BCUT2D eigenvalue weighted by atomic mass is 35.5. The highest BCUT2D eigenvalue weighted by molar-refractivity contribution is 6.30. The van der Waals surface area contributed by atoms with E-state index in [4.69, 9.17) is 11.6 Å². The van der Waals surface area contributed by atoms with Crippen LogP contribution in [0, 0.1) is 0 Å². The minimum absolute atomic E-state index is 0.137. The van der Waals surface area contributed by atoms with Gasteiger partial charge in [-0.05, 0) is 24.6 Å². The van der Waals surface area contributed by atoms with Crippen molar-refractivity contribution in [2.24, 2.45) is 4.99 Å². The normalized spacial score (nSPS) is 13.6. The lowest BCUT2D eigenvalue weighted by molar-refractivity contribution is 0.125. The quantitative estimate of drug-likeness (QED) is 0.827. The summed E-state index contributed by atoms with van der Waals surface area (Å²) >= 11 is 5.80. The number of hydrogen-bond donors (Lipinski definition) is 1. The molecule has 0 radical (unpaired) electrons. The fourth-order valence-electron chi connectivity index (χ4n) is 1.37. The van der Waals surface area contributed by atoms with Gasteiger partial charge in [0.15, 0.2) is 0 Å². The molecule has 1 atom stereocenters. The van der Waals surface area contributed by atoms with Crippen molar-refractivity contribution < 1.29 is 5.21 Å². The van der Waals surface area contributed by atoms with Gasteiger partial charge in [0.25, 0.3) is 5.62 Å². The first-order chi connectivity index (χ1) is 8.16. The summed E-state index contributed by atoms with van der Waals surface area (Å²) in [5, 5.41) is 13.7. The number of nitrogens with zero attached hydrogens (tertiary/aromatic N) is 4. The third kappa shape index (κ3) is 2.82. The van der Waals surface area contributed by atoms with Gasteiger partial charge in [-0.25, -0.2) is 9.98 Å². The van der Waals surface area contributed by atoms with Crippen molar-refractivity contribution in [1.29, 1.82) is 0 Å². The van der Waals surface area contributed by atoms with Gasteiger partial charge in [0, 0.05) is 5.02 Å². The van der Waals surface area contributed by atoms with E-state index in [0.717, 1.165) is 5.56 Å². The van der Waals surface area contributed by atoms with E-state index in [1.807, 2.05) is 19.1 Å². The van der Waals surface area contributed by atoms with Crippen LogP contribution in [0.2, 0.25) is 5.02 Å². The van der Waals surface area contributed by atoms with Gasteiger partial charge in [-0.2, -0.15) is 0 Å². The first-order valence-corrected chi connectivity index (χ1v) is 5.43. The largest absolute Gasteiger partial charge is 0.409 e. The molecule has 1 N–H and O–H groups in total. The van der Waals surface area contributed by atoms with Crippen LogP contribution in [0.25, 0.3) is 0 Å². The fourth-order valence-corrected chi connectivity index (χ4v) is 1.50. The average molecular weight is 251 g/mol. The first kappa shape index (κ1) is 11.6. The standard InChI is InChI=1S/C11H11ClN4O/c1-8(9-2-4-10(12)5-3-9)15-11-13-6-7-14-16(11)17/h2-8,17H,1H3/t8-/m1/s1. The molecule has 6 heteroatoms. The van der Waals surface area contributed by atoms with E-state index in [0.29, 0.717) is 9.87 Å². The summed E-state index contributed by atoms with van der Waals surface area (Å²) in [6, 6.07) is 7.23. The molecule has 0 bridgehead atoms. The van der Waals surface area contributed by atoms with Crippen LogP contribution in [0.4, 0.5) is 0 Å². The Hall–Kier alpha value is -1.88. The average Bonchev–Trinajstić information content (AvgIpc) is 2.33. The lowest BCUT2D eigenvalue weighted by Gasteiger charge is -2.06. The van der Waals surface area contributed by atoms with Crippen LogP contribution in [0.5, 0.6) is 0 Å². The number of hydrogen-bond acceptors (Lipinski definition) is 4. The van der Waals surface area contributed by atoms with Crippen LogP contribution >= 0.6 is 11.6 Å². The third-order valence-electron chi connectivity index (χ3n) is 2.27. The van der Waals surface area contributed by atoms with Crippen LogP contribution in [-0.4, -0.2) is 20.1 Å². The summed E-state index contributed by atoms with van der Waals surface area (Å²) < 4.78 is 0. The molecule has 0 fully saturated rings. The van der Waals surface area contributed by atoms with E-state index in [1.165, 1.54) is 12.4 Å². The molecule has 1 aromatic carbocycles. The number of halogens is 1. The highest BCUT2D eigenvalue weighted by Gasteiger charge is 2.03. The summed E-state index contributed by atoms with van der Waals surface area (Å²) in [6.07, 6.45) is 2.85. The zero-order chi connectivity index (χ0) is 12.3. The van der Waals surface area contributed by atoms with Gasteiger partial charge in [0.05, 0.1) is 18.4 Å². The van der Waals surface area contributed by atoms with Crippen molar-refractivity contribution in [3.05, 3.63) is 52.9 Å². The molecule has 0 unspecified atom stereocenters. The Morgan fingerprint density at radius 3 is 2.65 bits per heavy atom. The SMILES string of the molecule is C[C@@H](N=c1nccnn1O)c1ccc(Cl)cc1. The maximum absolute atomic E-state index is 9.38. The number of aromatic nitrogens is 3. The Morgan fingerprint density at radius 1 is 1.29 bits per heavy atom. The summed E-state index contributed by atoms with van der Waals surface area (Å²) in [5.41, 5.74) is 1.15. The molecule has 2 rings (SSSR count). The van der Waals surface area contributed by atoms with E-state index in [9.17, 15) is 5.21 Å². The van der Waals surface area contributed by atoms with Crippen LogP contribution in [-0.2, 0) is 0 Å². The van der Waals surface area contributed by atoms with Crippen molar-refractivity contribution in [2.75, 3.05) is 0 Å². The Balaban J connectivity index is 2.33. The van der Waals surface area contributed by atoms with Gasteiger partial charge in [0.1, 0.15) is 0 Å². The molecule has 1 heterocycles. The molecule has 0 amide bonds. The second-order valence-corrected chi connectivity index (χ2v) is 3.93. The molecular weight excluding hydrogens is 240 g/mol. The molecule has 5 nitrogen and oxygen atoms in total. The van der Waals surface area contributed by atoms with E-state index in [1.54, 1.807) is 12.1 Å². The van der Waals surface area contributed by atoms with E-state index < -0.39 is 0 Å². The van der Waals surface area contributed by atoms with Crippen LogP contribution in [0.1, 0.15) is 18.5 Å². The molecule has 17 heavy (non-hydrogen) atoms. The summed E-state index contributed by atoms with van der Waals surface area (Å²) in [6.45, 7) is 1.90. The van der Waals surface area contributed by atoms with E-state index in [2.05, 4.69) is 15.1 Å². The van der Waals surface area contributed by atoms with E-state index in [-0.39, 0.29) is 11.7 Å². The first-order valence-electron chi connectivity index (χ1n) is 5.06. The predicted molar refractivity (Wildman–Crippen MR) is 62.6 cm³/mol. The lowest BCUT2D eigenvalue weighted by Crippen LogP contribution is -2.24. The van der Waals surface area contributed by atoms with Gasteiger partial charge in [-0.3, -0.25) is 0 Å². The summed E-state index contributed by atoms with van der Waals surface area (Å²) in [4.78, 5) is 8.82. The smallest absolute Gasteiger partial charge is 0.280 e. The molecule has 88 valence electrons. The molecule has 1 aromatic heterocycles. The molecule has 0 spiro atoms. The second kappa shape index (κ2) is 4.97. The molecule has 0 saturated carbocycles. The zero-order valence-electron chi connectivity index (χ0n) is 9.16. The van der Waals surface area contributed by atoms with Crippen LogP contribution in [0.3, 0.4) is 0 Å². The summed E-state index contributed by atoms with van der Waals surface area (Å²) in [5.74, 6) is 0. The third-order valence-corrected chi connectivity index (χ3v) is 2.53. The Kier molecular flexibility index (Phi) is 3.39. The Labute approximate surface area is 103 Å². The number of rotatable bonds is 2. The van der Waals surface area contributed by atoms with Gasteiger partial charge in [-0.1, -0.05) is 28.6 Å². The van der Waals surface area contributed by atoms with Crippen LogP contribution in [0.15, 0.2) is 41.7 Å². The van der Waals surface area contributed by atoms with Crippen molar-refractivity contribution in [1.82, 2.24) is 14.9 Å². The zero-order valence-corrected chi connectivity index (χ0v) is 9.91. The van der Waals surface area contributed by atoms with Gasteiger partial charge >= 0.3 is 0 Å². The monoisotopic (exact) mass is 250 g/mol. The maximum atomic E-state index is 9.38. The Morgan fingerprint density at radius 2 is 2.00 bits per heavy atom. The van der Waals surface area contributed by atoms with Crippen molar-refractivity contribution in [3.63, 3.8) is 0 Å². The van der Waals surface area contributed by atoms with Crippen molar-refractivity contribution in [3.8, 4) is 0 Å². The Bertz CT molecular complexity index is 564. The van der Waals surface area contributed by atoms with Gasteiger partial charge in [0.2, 0.25) is 0 Å². The number of benzene rings is 1. The molecule has 2 aromatic rings. The fraction of sp³-hybridized carbons (Fsp3) is 0.182. The van der Waals surface area contributed by atoms with E-state index >= 15 is 0 Å². The molecule has 0 aliphatic carbocycles. The molecule has 0 aliphatic rings. The maximum Gasteiger partial charge on any atom is 0.280 e. The van der Waals surface area contributed by atoms with Crippen molar-refractivity contribution in [2.45, 2.75) is 13.0 Å². The second-order valence-electron chi connectivity index (χ2n) is 3.49. The molecule has 0 saturated heterocycles. The minimum Gasteiger partial charge on any atom is -0.409 e. The van der Waals surface area contributed by atoms with Gasteiger partial charge in [-0.15, -0.1) is 5.10 Å². The predicted octanol–water partition coefficient (Wildman–Crippen LogP) is 1.83. The van der Waals surface area contributed by atoms with Crippen molar-refractivity contribution >= 4 is 11.6 Å². The van der Waals surface area contributed by atoms with Gasteiger partial charge < -0.3 is 5.21 Å². The topological polar surface area (TPSA) is 63.3 Å². The lowest BCUT2D eigenvalue weighted by atomic mass is 10.1. The minimum atomic E-state index is -0.137. The highest BCUT2D eigenvalue weighted by Crippen LogP contribution is 2.18. The molecular formula is C11H11ClN4O. The van der Waals surface area contributed by atoms with Crippen LogP contribution < -0.4 is 5.62 Å². The molecule has 0 aliphatic heterocycles.